The molecular formula is C20H24N2O6S. The smallest absolute Gasteiger partial charge is 0.344 e. The predicted molar refractivity (Wildman–Crippen MR) is 104 cm³/mol. The van der Waals surface area contributed by atoms with Crippen LogP contribution in [0.3, 0.4) is 0 Å². The first-order valence-electron chi connectivity index (χ1n) is 9.69. The molecule has 0 N–H and O–H groups in total. The topological polar surface area (TPSA) is 114 Å². The minimum absolute atomic E-state index is 0.00161. The van der Waals surface area contributed by atoms with Crippen LogP contribution in [0.5, 0.6) is 5.75 Å². The predicted octanol–water partition coefficient (Wildman–Crippen LogP) is 1.44. The largest absolute Gasteiger partial charge is 0.481 e. The summed E-state index contributed by atoms with van der Waals surface area (Å²) in [4.78, 5) is 26.4. The maximum Gasteiger partial charge on any atom is 0.344 e. The summed E-state index contributed by atoms with van der Waals surface area (Å²) < 4.78 is 34.1. The van der Waals surface area contributed by atoms with E-state index in [1.54, 1.807) is 29.2 Å². The molecule has 3 rings (SSSR count). The lowest BCUT2D eigenvalue weighted by atomic mass is 10.1. The van der Waals surface area contributed by atoms with E-state index in [0.29, 0.717) is 12.0 Å². The lowest BCUT2D eigenvalue weighted by molar-refractivity contribution is -0.155. The Balaban J connectivity index is 1.55. The van der Waals surface area contributed by atoms with E-state index in [1.807, 2.05) is 6.07 Å². The molecule has 1 aromatic carbocycles. The molecule has 29 heavy (non-hydrogen) atoms. The molecule has 0 bridgehead atoms. The van der Waals surface area contributed by atoms with Crippen LogP contribution in [-0.2, 0) is 24.2 Å². The van der Waals surface area contributed by atoms with Gasteiger partial charge in [-0.3, -0.25) is 4.79 Å². The first-order chi connectivity index (χ1) is 13.9. The second-order valence-corrected chi connectivity index (χ2v) is 9.58. The molecule has 0 unspecified atom stereocenters. The quantitative estimate of drug-likeness (QED) is 0.613. The summed E-state index contributed by atoms with van der Waals surface area (Å²) >= 11 is 0. The van der Waals surface area contributed by atoms with Crippen molar-refractivity contribution >= 4 is 21.7 Å². The van der Waals surface area contributed by atoms with E-state index in [1.165, 1.54) is 0 Å². The molecule has 1 heterocycles. The molecule has 1 atom stereocenters. The fraction of sp³-hybridized carbons (Fsp3) is 0.550. The van der Waals surface area contributed by atoms with Gasteiger partial charge in [-0.2, -0.15) is 5.26 Å². The number of carbonyl (C=O) groups excluding carboxylic acids is 2. The maximum absolute atomic E-state index is 12.8. The molecule has 0 aromatic heterocycles. The molecule has 2 fully saturated rings. The minimum atomic E-state index is -3.13. The highest BCUT2D eigenvalue weighted by Gasteiger charge is 2.39. The molecule has 1 aliphatic heterocycles. The Hall–Kier alpha value is -2.60. The van der Waals surface area contributed by atoms with E-state index in [9.17, 15) is 18.0 Å². The average Bonchev–Trinajstić information content (AvgIpc) is 3.35. The van der Waals surface area contributed by atoms with E-state index in [0.717, 1.165) is 25.7 Å². The van der Waals surface area contributed by atoms with Crippen molar-refractivity contribution in [3.05, 3.63) is 29.8 Å². The number of amides is 1. The lowest BCUT2D eigenvalue weighted by Crippen LogP contribution is -2.48. The van der Waals surface area contributed by atoms with E-state index in [4.69, 9.17) is 14.7 Å². The summed E-state index contributed by atoms with van der Waals surface area (Å²) in [6, 6.07) is 8.11. The number of para-hydroxylation sites is 1. The second kappa shape index (κ2) is 9.27. The summed E-state index contributed by atoms with van der Waals surface area (Å²) in [5.74, 6) is -0.777. The molecular weight excluding hydrogens is 396 g/mol. The number of sulfone groups is 1. The van der Waals surface area contributed by atoms with Crippen molar-refractivity contribution in [2.75, 3.05) is 24.7 Å². The van der Waals surface area contributed by atoms with Gasteiger partial charge in [0.05, 0.1) is 17.1 Å². The van der Waals surface area contributed by atoms with E-state index < -0.39 is 29.0 Å². The van der Waals surface area contributed by atoms with Gasteiger partial charge in [0.2, 0.25) is 0 Å². The lowest BCUT2D eigenvalue weighted by Gasteiger charge is -2.33. The van der Waals surface area contributed by atoms with Crippen LogP contribution in [0.4, 0.5) is 0 Å². The number of benzene rings is 1. The number of carbonyl (C=O) groups is 2. The van der Waals surface area contributed by atoms with Gasteiger partial charge in [-0.05, 0) is 31.4 Å². The standard InChI is InChI=1S/C20H24N2O6S/c21-11-15-5-1-4-8-18(15)27-13-20(24)28-12-19(23)22(16-6-2-3-7-16)17-9-10-29(25,26)14-17/h1,4-5,8,16-17H,2-3,6-7,9-10,12-14H2/t17-/m0/s1. The zero-order valence-corrected chi connectivity index (χ0v) is 16.9. The molecule has 1 saturated carbocycles. The number of nitriles is 1. The molecule has 1 aromatic rings. The van der Waals surface area contributed by atoms with E-state index >= 15 is 0 Å². The zero-order chi connectivity index (χ0) is 20.9. The molecule has 0 spiro atoms. The Kier molecular flexibility index (Phi) is 6.75. The van der Waals surface area contributed by atoms with Crippen molar-refractivity contribution < 1.29 is 27.5 Å². The van der Waals surface area contributed by atoms with Crippen molar-refractivity contribution in [2.45, 2.75) is 44.2 Å². The third kappa shape index (κ3) is 5.48. The van der Waals surface area contributed by atoms with Crippen LogP contribution in [0, 0.1) is 11.3 Å². The monoisotopic (exact) mass is 420 g/mol. The summed E-state index contributed by atoms with van der Waals surface area (Å²) in [6.45, 7) is -0.873. The number of hydrogen-bond acceptors (Lipinski definition) is 7. The molecule has 2 aliphatic rings. The average molecular weight is 420 g/mol. The van der Waals surface area contributed by atoms with Gasteiger partial charge in [0, 0.05) is 12.1 Å². The Morgan fingerprint density at radius 2 is 1.83 bits per heavy atom. The number of hydrogen-bond donors (Lipinski definition) is 0. The fourth-order valence-electron chi connectivity index (χ4n) is 3.96. The van der Waals surface area contributed by atoms with Gasteiger partial charge in [-0.15, -0.1) is 0 Å². The van der Waals surface area contributed by atoms with Gasteiger partial charge >= 0.3 is 5.97 Å². The number of ether oxygens (including phenoxy) is 2. The molecule has 1 saturated heterocycles. The fourth-order valence-corrected chi connectivity index (χ4v) is 5.67. The van der Waals surface area contributed by atoms with Crippen molar-refractivity contribution in [3.8, 4) is 11.8 Å². The van der Waals surface area contributed by atoms with Crippen molar-refractivity contribution in [1.82, 2.24) is 4.90 Å². The molecule has 9 heteroatoms. The summed E-state index contributed by atoms with van der Waals surface area (Å²) in [5, 5.41) is 9.03. The number of rotatable bonds is 7. The van der Waals surface area contributed by atoms with Crippen LogP contribution in [0.25, 0.3) is 0 Å². The summed E-state index contributed by atoms with van der Waals surface area (Å²) in [6.07, 6.45) is 4.10. The zero-order valence-electron chi connectivity index (χ0n) is 16.1. The maximum atomic E-state index is 12.8. The van der Waals surface area contributed by atoms with Crippen LogP contribution in [0.15, 0.2) is 24.3 Å². The SMILES string of the molecule is N#Cc1ccccc1OCC(=O)OCC(=O)N(C1CCCC1)[C@H]1CCS(=O)(=O)C1. The van der Waals surface area contributed by atoms with Crippen molar-refractivity contribution in [3.63, 3.8) is 0 Å². The highest BCUT2D eigenvalue weighted by molar-refractivity contribution is 7.91. The Labute approximate surface area is 170 Å². The molecule has 156 valence electrons. The van der Waals surface area contributed by atoms with Gasteiger partial charge in [0.15, 0.2) is 23.1 Å². The highest BCUT2D eigenvalue weighted by Crippen LogP contribution is 2.29. The molecule has 0 radical (unpaired) electrons. The molecule has 1 aliphatic carbocycles. The summed E-state index contributed by atoms with van der Waals surface area (Å²) in [5.41, 5.74) is 0.297. The van der Waals surface area contributed by atoms with Crippen LogP contribution in [0.1, 0.15) is 37.7 Å². The Morgan fingerprint density at radius 3 is 2.48 bits per heavy atom. The number of nitrogens with zero attached hydrogens (tertiary/aromatic N) is 2. The Morgan fingerprint density at radius 1 is 1.10 bits per heavy atom. The third-order valence-electron chi connectivity index (χ3n) is 5.32. The van der Waals surface area contributed by atoms with E-state index in [2.05, 4.69) is 0 Å². The summed E-state index contributed by atoms with van der Waals surface area (Å²) in [7, 11) is -3.13. The third-order valence-corrected chi connectivity index (χ3v) is 7.07. The van der Waals surface area contributed by atoms with Gasteiger partial charge < -0.3 is 14.4 Å². The first kappa shape index (κ1) is 21.1. The normalized spacial score (nSPS) is 20.7. The van der Waals surface area contributed by atoms with Gasteiger partial charge in [-0.1, -0.05) is 25.0 Å². The van der Waals surface area contributed by atoms with Gasteiger partial charge in [0.1, 0.15) is 11.8 Å². The van der Waals surface area contributed by atoms with Crippen LogP contribution < -0.4 is 4.74 Å². The van der Waals surface area contributed by atoms with E-state index in [-0.39, 0.29) is 35.2 Å². The second-order valence-electron chi connectivity index (χ2n) is 7.35. The highest BCUT2D eigenvalue weighted by atomic mass is 32.2. The van der Waals surface area contributed by atoms with Gasteiger partial charge in [0.25, 0.3) is 5.91 Å². The van der Waals surface area contributed by atoms with Crippen LogP contribution >= 0.6 is 0 Å². The minimum Gasteiger partial charge on any atom is -0.481 e. The first-order valence-corrected chi connectivity index (χ1v) is 11.5. The molecule has 1 amide bonds. The number of esters is 1. The Bertz CT molecular complexity index is 902. The van der Waals surface area contributed by atoms with Crippen molar-refractivity contribution in [1.29, 1.82) is 5.26 Å². The van der Waals surface area contributed by atoms with Crippen molar-refractivity contribution in [2.24, 2.45) is 0 Å². The molecule has 8 nitrogen and oxygen atoms in total. The van der Waals surface area contributed by atoms with Crippen LogP contribution in [-0.4, -0.2) is 62.0 Å². The van der Waals surface area contributed by atoms with Gasteiger partial charge in [-0.25, -0.2) is 13.2 Å². The van der Waals surface area contributed by atoms with Crippen LogP contribution in [0.2, 0.25) is 0 Å².